The zero-order valence-corrected chi connectivity index (χ0v) is 11.8. The van der Waals surface area contributed by atoms with Crippen molar-refractivity contribution in [2.75, 3.05) is 27.8 Å². The van der Waals surface area contributed by atoms with Crippen molar-refractivity contribution < 1.29 is 14.3 Å². The summed E-state index contributed by atoms with van der Waals surface area (Å²) in [6, 6.07) is 1.80. The van der Waals surface area contributed by atoms with Gasteiger partial charge in [-0.2, -0.15) is 0 Å². The molecule has 0 spiro atoms. The molecule has 6 heteroatoms. The second-order valence-corrected chi connectivity index (χ2v) is 5.52. The molecule has 1 aromatic rings. The van der Waals surface area contributed by atoms with Gasteiger partial charge in [0.2, 0.25) is 0 Å². The van der Waals surface area contributed by atoms with Crippen molar-refractivity contribution >= 4 is 33.2 Å². The van der Waals surface area contributed by atoms with Gasteiger partial charge in [0, 0.05) is 26.6 Å². The van der Waals surface area contributed by atoms with E-state index in [-0.39, 0.29) is 5.91 Å². The van der Waals surface area contributed by atoms with Crippen LogP contribution in [-0.2, 0) is 9.47 Å². The number of carbonyl (C=O) groups is 1. The number of nitrogens with zero attached hydrogens (tertiary/aromatic N) is 1. The Bertz CT molecular complexity index is 352. The van der Waals surface area contributed by atoms with Gasteiger partial charge in [-0.1, -0.05) is 0 Å². The average Bonchev–Trinajstić information content (AvgIpc) is 2.71. The SMILES string of the molecule is COC(CN(C)C(=O)c1csc(Br)c1)OC. The summed E-state index contributed by atoms with van der Waals surface area (Å²) in [6.07, 6.45) is -0.393. The molecule has 0 radical (unpaired) electrons. The maximum Gasteiger partial charge on any atom is 0.254 e. The van der Waals surface area contributed by atoms with Crippen LogP contribution in [0.15, 0.2) is 15.2 Å². The highest BCUT2D eigenvalue weighted by molar-refractivity contribution is 9.11. The third kappa shape index (κ3) is 3.55. The molecule has 1 amide bonds. The molecule has 0 aliphatic rings. The minimum atomic E-state index is -0.393. The Morgan fingerprint density at radius 3 is 2.62 bits per heavy atom. The van der Waals surface area contributed by atoms with Gasteiger partial charge in [0.1, 0.15) is 0 Å². The predicted molar refractivity (Wildman–Crippen MR) is 66.8 cm³/mol. The summed E-state index contributed by atoms with van der Waals surface area (Å²) in [5.41, 5.74) is 0.672. The van der Waals surface area contributed by atoms with Crippen LogP contribution in [-0.4, -0.2) is 44.9 Å². The largest absolute Gasteiger partial charge is 0.354 e. The van der Waals surface area contributed by atoms with Gasteiger partial charge in [-0.25, -0.2) is 0 Å². The van der Waals surface area contributed by atoms with Crippen molar-refractivity contribution in [3.05, 3.63) is 20.8 Å². The van der Waals surface area contributed by atoms with Crippen molar-refractivity contribution in [3.63, 3.8) is 0 Å². The number of methoxy groups -OCH3 is 2. The molecular weight excluding hydrogens is 294 g/mol. The van der Waals surface area contributed by atoms with E-state index in [1.54, 1.807) is 32.2 Å². The molecule has 0 bridgehead atoms. The van der Waals surface area contributed by atoms with Gasteiger partial charge in [0.15, 0.2) is 6.29 Å². The van der Waals surface area contributed by atoms with Gasteiger partial charge in [-0.05, 0) is 22.0 Å². The Morgan fingerprint density at radius 1 is 1.56 bits per heavy atom. The lowest BCUT2D eigenvalue weighted by Crippen LogP contribution is -2.35. The smallest absolute Gasteiger partial charge is 0.254 e. The number of rotatable bonds is 5. The molecule has 90 valence electrons. The van der Waals surface area contributed by atoms with Crippen LogP contribution >= 0.6 is 27.3 Å². The number of thiophene rings is 1. The number of likely N-dealkylation sites (N-methyl/N-ethyl adjacent to an activating group) is 1. The first-order valence-corrected chi connectivity index (χ1v) is 6.30. The molecule has 0 atom stereocenters. The summed E-state index contributed by atoms with van der Waals surface area (Å²) < 4.78 is 11.0. The summed E-state index contributed by atoms with van der Waals surface area (Å²) >= 11 is 4.81. The maximum atomic E-state index is 11.9. The highest BCUT2D eigenvalue weighted by atomic mass is 79.9. The molecule has 0 saturated carbocycles. The van der Waals surface area contributed by atoms with Crippen molar-refractivity contribution in [1.29, 1.82) is 0 Å². The maximum absolute atomic E-state index is 11.9. The Balaban J connectivity index is 2.60. The number of hydrogen-bond donors (Lipinski definition) is 0. The van der Waals surface area contributed by atoms with E-state index >= 15 is 0 Å². The van der Waals surface area contributed by atoms with Crippen LogP contribution in [0.5, 0.6) is 0 Å². The molecular formula is C10H14BrNO3S. The first-order valence-electron chi connectivity index (χ1n) is 4.63. The van der Waals surface area contributed by atoms with Crippen LogP contribution < -0.4 is 0 Å². The molecule has 0 aromatic carbocycles. The van der Waals surface area contributed by atoms with Crippen LogP contribution in [0.3, 0.4) is 0 Å². The molecule has 1 heterocycles. The highest BCUT2D eigenvalue weighted by Gasteiger charge is 2.17. The van der Waals surface area contributed by atoms with Crippen LogP contribution in [0.25, 0.3) is 0 Å². The average molecular weight is 308 g/mol. The normalized spacial score (nSPS) is 10.8. The zero-order valence-electron chi connectivity index (χ0n) is 9.40. The Kier molecular flexibility index (Phi) is 5.40. The van der Waals surface area contributed by atoms with Gasteiger partial charge in [0.25, 0.3) is 5.91 Å². The van der Waals surface area contributed by atoms with E-state index < -0.39 is 6.29 Å². The van der Waals surface area contributed by atoms with Crippen molar-refractivity contribution in [1.82, 2.24) is 4.90 Å². The highest BCUT2D eigenvalue weighted by Crippen LogP contribution is 2.21. The van der Waals surface area contributed by atoms with E-state index in [4.69, 9.17) is 9.47 Å². The van der Waals surface area contributed by atoms with E-state index in [9.17, 15) is 4.79 Å². The van der Waals surface area contributed by atoms with E-state index in [0.717, 1.165) is 3.79 Å². The fourth-order valence-corrected chi connectivity index (χ4v) is 2.32. The van der Waals surface area contributed by atoms with Crippen molar-refractivity contribution in [2.45, 2.75) is 6.29 Å². The third-order valence-corrected chi connectivity index (χ3v) is 3.61. The van der Waals surface area contributed by atoms with E-state index in [1.165, 1.54) is 11.3 Å². The van der Waals surface area contributed by atoms with Gasteiger partial charge in [0.05, 0.1) is 15.9 Å². The molecule has 4 nitrogen and oxygen atoms in total. The molecule has 0 aliphatic heterocycles. The van der Waals surface area contributed by atoms with E-state index in [0.29, 0.717) is 12.1 Å². The molecule has 0 saturated heterocycles. The Hall–Kier alpha value is -0.430. The molecule has 0 N–H and O–H groups in total. The second kappa shape index (κ2) is 6.34. The third-order valence-electron chi connectivity index (χ3n) is 2.11. The van der Waals surface area contributed by atoms with Crippen LogP contribution in [0.1, 0.15) is 10.4 Å². The topological polar surface area (TPSA) is 38.8 Å². The lowest BCUT2D eigenvalue weighted by atomic mass is 10.3. The Labute approximate surface area is 107 Å². The number of hydrogen-bond acceptors (Lipinski definition) is 4. The summed E-state index contributed by atoms with van der Waals surface area (Å²) in [5, 5.41) is 1.82. The van der Waals surface area contributed by atoms with Crippen LogP contribution in [0.4, 0.5) is 0 Å². The Morgan fingerprint density at radius 2 is 2.19 bits per heavy atom. The van der Waals surface area contributed by atoms with Gasteiger partial charge < -0.3 is 14.4 Å². The number of carbonyl (C=O) groups excluding carboxylic acids is 1. The van der Waals surface area contributed by atoms with Gasteiger partial charge in [-0.15, -0.1) is 11.3 Å². The number of amides is 1. The van der Waals surface area contributed by atoms with Crippen LogP contribution in [0, 0.1) is 0 Å². The van der Waals surface area contributed by atoms with Crippen molar-refractivity contribution in [2.24, 2.45) is 0 Å². The fraction of sp³-hybridized carbons (Fsp3) is 0.500. The van der Waals surface area contributed by atoms with Gasteiger partial charge >= 0.3 is 0 Å². The molecule has 1 rings (SSSR count). The quantitative estimate of drug-likeness (QED) is 0.783. The summed E-state index contributed by atoms with van der Waals surface area (Å²) in [6.45, 7) is 0.402. The molecule has 0 fully saturated rings. The lowest BCUT2D eigenvalue weighted by Gasteiger charge is -2.21. The monoisotopic (exact) mass is 307 g/mol. The zero-order chi connectivity index (χ0) is 12.1. The summed E-state index contributed by atoms with van der Waals surface area (Å²) in [4.78, 5) is 13.5. The molecule has 1 aromatic heterocycles. The minimum absolute atomic E-state index is 0.0407. The van der Waals surface area contributed by atoms with E-state index in [1.807, 2.05) is 5.38 Å². The molecule has 16 heavy (non-hydrogen) atoms. The number of ether oxygens (including phenoxy) is 2. The standard InChI is InChI=1S/C10H14BrNO3S/c1-12(5-9(14-2)15-3)10(13)7-4-8(11)16-6-7/h4,6,9H,5H2,1-3H3. The summed E-state index contributed by atoms with van der Waals surface area (Å²) in [5.74, 6) is -0.0407. The fourth-order valence-electron chi connectivity index (χ4n) is 1.19. The van der Waals surface area contributed by atoms with Crippen LogP contribution in [0.2, 0.25) is 0 Å². The summed E-state index contributed by atoms with van der Waals surface area (Å²) in [7, 11) is 4.82. The first-order chi connectivity index (χ1) is 7.58. The van der Waals surface area contributed by atoms with Crippen molar-refractivity contribution in [3.8, 4) is 0 Å². The minimum Gasteiger partial charge on any atom is -0.354 e. The van der Waals surface area contributed by atoms with Gasteiger partial charge in [-0.3, -0.25) is 4.79 Å². The molecule has 0 unspecified atom stereocenters. The molecule has 0 aliphatic carbocycles. The first kappa shape index (κ1) is 13.6. The predicted octanol–water partition coefficient (Wildman–Crippen LogP) is 2.20. The van der Waals surface area contributed by atoms with E-state index in [2.05, 4.69) is 15.9 Å². The number of halogens is 1. The lowest BCUT2D eigenvalue weighted by molar-refractivity contribution is -0.110. The second-order valence-electron chi connectivity index (χ2n) is 3.23.